The lowest BCUT2D eigenvalue weighted by Gasteiger charge is -2.00. The number of nitrogens with zero attached hydrogens (tertiary/aromatic N) is 2. The van der Waals surface area contributed by atoms with Crippen molar-refractivity contribution in [2.75, 3.05) is 5.32 Å². The van der Waals surface area contributed by atoms with Crippen LogP contribution in [0.5, 0.6) is 5.75 Å². The largest absolute Gasteiger partial charge is 0.508 e. The SMILES string of the molecule is O=[N+]([O-])c1sc(Nc2ccc(O)cc2)nc1Cl. The van der Waals surface area contributed by atoms with Crippen LogP contribution in [0.15, 0.2) is 24.3 Å². The molecule has 0 radical (unpaired) electrons. The van der Waals surface area contributed by atoms with Gasteiger partial charge in [-0.1, -0.05) is 11.6 Å². The summed E-state index contributed by atoms with van der Waals surface area (Å²) in [6.07, 6.45) is 0. The third-order valence-corrected chi connectivity index (χ3v) is 3.15. The van der Waals surface area contributed by atoms with Crippen LogP contribution >= 0.6 is 22.9 Å². The Bertz CT molecular complexity index is 555. The number of phenolic OH excluding ortho intramolecular Hbond substituents is 1. The van der Waals surface area contributed by atoms with E-state index < -0.39 is 4.92 Å². The van der Waals surface area contributed by atoms with Gasteiger partial charge in [0.15, 0.2) is 5.13 Å². The van der Waals surface area contributed by atoms with Crippen LogP contribution in [0.2, 0.25) is 5.15 Å². The number of nitrogens with one attached hydrogen (secondary N) is 1. The summed E-state index contributed by atoms with van der Waals surface area (Å²) in [5, 5.41) is 22.5. The minimum Gasteiger partial charge on any atom is -0.508 e. The van der Waals surface area contributed by atoms with Crippen molar-refractivity contribution in [1.29, 1.82) is 0 Å². The van der Waals surface area contributed by atoms with Crippen molar-refractivity contribution in [3.8, 4) is 5.75 Å². The summed E-state index contributed by atoms with van der Waals surface area (Å²) in [6, 6.07) is 6.23. The smallest absolute Gasteiger partial charge is 0.364 e. The molecule has 0 bridgehead atoms. The van der Waals surface area contributed by atoms with Crippen molar-refractivity contribution >= 4 is 38.8 Å². The molecule has 2 N–H and O–H groups in total. The third-order valence-electron chi connectivity index (χ3n) is 1.85. The number of aromatic nitrogens is 1. The topological polar surface area (TPSA) is 88.3 Å². The van der Waals surface area contributed by atoms with Gasteiger partial charge in [-0.25, -0.2) is 4.98 Å². The lowest BCUT2D eigenvalue weighted by atomic mass is 10.3. The van der Waals surface area contributed by atoms with Gasteiger partial charge in [0, 0.05) is 5.69 Å². The molecule has 6 nitrogen and oxygen atoms in total. The molecule has 2 aromatic rings. The zero-order chi connectivity index (χ0) is 12.4. The number of aromatic hydroxyl groups is 1. The first-order valence-corrected chi connectivity index (χ1v) is 5.62. The van der Waals surface area contributed by atoms with Crippen molar-refractivity contribution in [2.45, 2.75) is 0 Å². The number of thiazole rings is 1. The van der Waals surface area contributed by atoms with Gasteiger partial charge in [-0.3, -0.25) is 10.1 Å². The van der Waals surface area contributed by atoms with Crippen molar-refractivity contribution < 1.29 is 10.0 Å². The maximum atomic E-state index is 10.6. The highest BCUT2D eigenvalue weighted by molar-refractivity contribution is 7.19. The van der Waals surface area contributed by atoms with Gasteiger partial charge < -0.3 is 10.4 Å². The molecule has 8 heteroatoms. The molecule has 0 saturated carbocycles. The molecule has 0 aliphatic carbocycles. The van der Waals surface area contributed by atoms with Crippen LogP contribution in [0.25, 0.3) is 0 Å². The van der Waals surface area contributed by atoms with E-state index in [9.17, 15) is 10.1 Å². The number of halogens is 1. The predicted molar refractivity (Wildman–Crippen MR) is 65.2 cm³/mol. The quantitative estimate of drug-likeness (QED) is 0.508. The van der Waals surface area contributed by atoms with E-state index in [1.165, 1.54) is 12.1 Å². The van der Waals surface area contributed by atoms with Crippen LogP contribution in [-0.4, -0.2) is 15.0 Å². The summed E-state index contributed by atoms with van der Waals surface area (Å²) in [5.74, 6) is 0.138. The molecule has 0 atom stereocenters. The standard InChI is InChI=1S/C9H6ClN3O3S/c10-7-8(13(15)16)17-9(12-7)11-5-1-3-6(14)4-2-5/h1-4,14H,(H,11,12). The molecule has 1 aromatic carbocycles. The summed E-state index contributed by atoms with van der Waals surface area (Å²) in [5.41, 5.74) is 0.656. The van der Waals surface area contributed by atoms with Crippen molar-refractivity contribution in [3.05, 3.63) is 39.5 Å². The first-order chi connectivity index (χ1) is 8.06. The number of anilines is 2. The average molecular weight is 272 g/mol. The molecule has 17 heavy (non-hydrogen) atoms. The lowest BCUT2D eigenvalue weighted by Crippen LogP contribution is -1.87. The molecule has 0 aliphatic heterocycles. The van der Waals surface area contributed by atoms with Gasteiger partial charge in [0.05, 0.1) is 4.92 Å². The summed E-state index contributed by atoms with van der Waals surface area (Å²) >= 11 is 6.46. The molecule has 88 valence electrons. The third kappa shape index (κ3) is 2.63. The first kappa shape index (κ1) is 11.6. The Hall–Kier alpha value is -1.86. The highest BCUT2D eigenvalue weighted by Gasteiger charge is 2.19. The number of nitro groups is 1. The molecule has 0 spiro atoms. The fraction of sp³-hybridized carbons (Fsp3) is 0. The maximum Gasteiger partial charge on any atom is 0.364 e. The second-order valence-corrected chi connectivity index (χ2v) is 4.38. The van der Waals surface area contributed by atoms with Crippen molar-refractivity contribution in [1.82, 2.24) is 4.98 Å². The Morgan fingerprint density at radius 1 is 1.41 bits per heavy atom. The average Bonchev–Trinajstić information content (AvgIpc) is 2.63. The van der Waals surface area contributed by atoms with E-state index >= 15 is 0 Å². The zero-order valence-corrected chi connectivity index (χ0v) is 9.83. The van der Waals surface area contributed by atoms with E-state index in [1.807, 2.05) is 0 Å². The van der Waals surface area contributed by atoms with E-state index in [1.54, 1.807) is 12.1 Å². The van der Waals surface area contributed by atoms with Gasteiger partial charge in [-0.2, -0.15) is 0 Å². The Morgan fingerprint density at radius 2 is 2.06 bits per heavy atom. The van der Waals surface area contributed by atoms with E-state index in [2.05, 4.69) is 10.3 Å². The monoisotopic (exact) mass is 271 g/mol. The van der Waals surface area contributed by atoms with E-state index in [-0.39, 0.29) is 15.9 Å². The van der Waals surface area contributed by atoms with Crippen LogP contribution in [0.1, 0.15) is 0 Å². The van der Waals surface area contributed by atoms with Crippen LogP contribution < -0.4 is 5.32 Å². The molecule has 0 unspecified atom stereocenters. The minimum atomic E-state index is -0.581. The number of hydrogen-bond acceptors (Lipinski definition) is 6. The van der Waals surface area contributed by atoms with Gasteiger partial charge in [0.2, 0.25) is 5.15 Å². The second kappa shape index (κ2) is 4.56. The molecule has 1 aromatic heterocycles. The summed E-state index contributed by atoms with van der Waals surface area (Å²) < 4.78 is 0. The van der Waals surface area contributed by atoms with Gasteiger partial charge in [0.25, 0.3) is 0 Å². The Balaban J connectivity index is 2.22. The van der Waals surface area contributed by atoms with E-state index in [0.717, 1.165) is 11.3 Å². The van der Waals surface area contributed by atoms with Crippen LogP contribution in [0, 0.1) is 10.1 Å². The zero-order valence-electron chi connectivity index (χ0n) is 8.25. The summed E-state index contributed by atoms with van der Waals surface area (Å²) in [4.78, 5) is 13.8. The summed E-state index contributed by atoms with van der Waals surface area (Å²) in [7, 11) is 0. The lowest BCUT2D eigenvalue weighted by molar-refractivity contribution is -0.380. The Kier molecular flexibility index (Phi) is 3.12. The number of rotatable bonds is 3. The van der Waals surface area contributed by atoms with Gasteiger partial charge >= 0.3 is 5.00 Å². The maximum absolute atomic E-state index is 10.6. The van der Waals surface area contributed by atoms with E-state index in [0.29, 0.717) is 10.8 Å². The molecule has 1 heterocycles. The fourth-order valence-electron chi connectivity index (χ4n) is 1.13. The molecule has 0 aliphatic rings. The normalized spacial score (nSPS) is 10.2. The highest BCUT2D eigenvalue weighted by Crippen LogP contribution is 2.35. The van der Waals surface area contributed by atoms with Crippen LogP contribution in [0.4, 0.5) is 15.8 Å². The number of phenols is 1. The van der Waals surface area contributed by atoms with Crippen molar-refractivity contribution in [2.24, 2.45) is 0 Å². The molecular weight excluding hydrogens is 266 g/mol. The number of benzene rings is 1. The van der Waals surface area contributed by atoms with Crippen LogP contribution in [0.3, 0.4) is 0 Å². The molecule has 0 amide bonds. The Morgan fingerprint density at radius 3 is 2.59 bits per heavy atom. The number of hydrogen-bond donors (Lipinski definition) is 2. The Labute approximate surface area is 105 Å². The van der Waals surface area contributed by atoms with Gasteiger partial charge in [-0.15, -0.1) is 0 Å². The summed E-state index contributed by atoms with van der Waals surface area (Å²) in [6.45, 7) is 0. The highest BCUT2D eigenvalue weighted by atomic mass is 35.5. The second-order valence-electron chi connectivity index (χ2n) is 3.04. The molecular formula is C9H6ClN3O3S. The molecule has 2 rings (SSSR count). The minimum absolute atomic E-state index is 0.138. The molecule has 0 saturated heterocycles. The molecule has 0 fully saturated rings. The fourth-order valence-corrected chi connectivity index (χ4v) is 2.14. The predicted octanol–water partition coefficient (Wildman–Crippen LogP) is 3.15. The van der Waals surface area contributed by atoms with Gasteiger partial charge in [-0.05, 0) is 35.6 Å². The van der Waals surface area contributed by atoms with Gasteiger partial charge in [0.1, 0.15) is 5.75 Å². The van der Waals surface area contributed by atoms with E-state index in [4.69, 9.17) is 16.7 Å². The van der Waals surface area contributed by atoms with Crippen LogP contribution in [-0.2, 0) is 0 Å². The van der Waals surface area contributed by atoms with Crippen molar-refractivity contribution in [3.63, 3.8) is 0 Å². The first-order valence-electron chi connectivity index (χ1n) is 4.43.